The molecule has 5 atom stereocenters. The fourth-order valence-electron chi connectivity index (χ4n) is 4.30. The Labute approximate surface area is 126 Å². The topological polar surface area (TPSA) is 49.7 Å². The molecule has 21 heavy (non-hydrogen) atoms. The number of phenols is 1. The first-order chi connectivity index (χ1) is 10.0. The molecule has 1 aromatic rings. The number of hydrogen-bond donors (Lipinski definition) is 2. The maximum absolute atomic E-state index is 10.2. The van der Waals surface area contributed by atoms with Crippen LogP contribution in [0.3, 0.4) is 0 Å². The number of aliphatic hydroxyl groups is 1. The van der Waals surface area contributed by atoms with E-state index in [1.54, 1.807) is 6.07 Å². The third-order valence-electron chi connectivity index (χ3n) is 5.79. The molecule has 1 aromatic carbocycles. The Morgan fingerprint density at radius 1 is 1.29 bits per heavy atom. The quantitative estimate of drug-likeness (QED) is 0.821. The molecule has 114 valence electrons. The van der Waals surface area contributed by atoms with E-state index in [0.717, 1.165) is 5.56 Å². The van der Waals surface area contributed by atoms with Gasteiger partial charge in [-0.1, -0.05) is 43.7 Å². The van der Waals surface area contributed by atoms with Gasteiger partial charge in [0.15, 0.2) is 0 Å². The number of ether oxygens (including phenoxy) is 1. The molecule has 0 amide bonds. The van der Waals surface area contributed by atoms with Crippen molar-refractivity contribution in [3.05, 3.63) is 41.5 Å². The highest BCUT2D eigenvalue weighted by Crippen LogP contribution is 2.56. The number of phenolic OH excluding ortho intramolecular Hbond substituents is 1. The summed E-state index contributed by atoms with van der Waals surface area (Å²) < 4.78 is 6.16. The highest BCUT2D eigenvalue weighted by Gasteiger charge is 2.53. The summed E-state index contributed by atoms with van der Waals surface area (Å²) in [6, 6.07) is 7.40. The molecule has 0 unspecified atom stereocenters. The average molecular weight is 288 g/mol. The summed E-state index contributed by atoms with van der Waals surface area (Å²) in [6.45, 7) is 7.19. The molecule has 0 aromatic heterocycles. The van der Waals surface area contributed by atoms with Crippen molar-refractivity contribution in [1.29, 1.82) is 0 Å². The van der Waals surface area contributed by atoms with Gasteiger partial charge in [0.2, 0.25) is 0 Å². The van der Waals surface area contributed by atoms with E-state index in [0.29, 0.717) is 18.4 Å². The number of fused-ring (bicyclic) bond motifs is 2. The van der Waals surface area contributed by atoms with Gasteiger partial charge in [0.05, 0.1) is 19.3 Å². The van der Waals surface area contributed by atoms with Crippen LogP contribution < -0.4 is 0 Å². The van der Waals surface area contributed by atoms with E-state index >= 15 is 0 Å². The third kappa shape index (κ3) is 2.02. The van der Waals surface area contributed by atoms with Crippen LogP contribution >= 0.6 is 0 Å². The summed E-state index contributed by atoms with van der Waals surface area (Å²) in [5.74, 6) is 1.12. The van der Waals surface area contributed by atoms with Gasteiger partial charge in [-0.2, -0.15) is 0 Å². The van der Waals surface area contributed by atoms with Crippen LogP contribution in [0.2, 0.25) is 0 Å². The summed E-state index contributed by atoms with van der Waals surface area (Å²) in [5.41, 5.74) is 1.95. The van der Waals surface area contributed by atoms with E-state index in [2.05, 4.69) is 26.8 Å². The maximum atomic E-state index is 10.2. The number of rotatable bonds is 2. The number of benzene rings is 1. The van der Waals surface area contributed by atoms with Crippen molar-refractivity contribution in [1.82, 2.24) is 0 Å². The summed E-state index contributed by atoms with van der Waals surface area (Å²) in [7, 11) is 0. The molecule has 0 saturated carbocycles. The molecule has 3 rings (SSSR count). The Kier molecular flexibility index (Phi) is 3.58. The minimum absolute atomic E-state index is 0.135. The molecule has 3 nitrogen and oxygen atoms in total. The molecule has 0 radical (unpaired) electrons. The first-order valence-corrected chi connectivity index (χ1v) is 7.70. The second kappa shape index (κ2) is 5.15. The summed E-state index contributed by atoms with van der Waals surface area (Å²) in [6.07, 6.45) is 2.14. The molecule has 2 N–H and O–H groups in total. The Morgan fingerprint density at radius 2 is 2.00 bits per heavy atom. The Morgan fingerprint density at radius 3 is 2.67 bits per heavy atom. The van der Waals surface area contributed by atoms with E-state index in [4.69, 9.17) is 4.74 Å². The van der Waals surface area contributed by atoms with Crippen molar-refractivity contribution in [3.8, 4) is 5.75 Å². The lowest BCUT2D eigenvalue weighted by Gasteiger charge is -2.55. The highest BCUT2D eigenvalue weighted by molar-refractivity contribution is 5.37. The van der Waals surface area contributed by atoms with Crippen LogP contribution in [-0.2, 0) is 4.74 Å². The zero-order chi connectivity index (χ0) is 15.2. The molecule has 1 fully saturated rings. The molecule has 2 bridgehead atoms. The standard InChI is InChI=1S/C18H24O3/c1-11-8-12(2)18(9-19)10-21-17(16(11)13(18)3)14-6-4-5-7-15(14)20/h4-8,12-13,16-17,19-20H,9-10H2,1-3H3/t12-,13+,16-,17+,18+/m1/s1. The van der Waals surface area contributed by atoms with Crippen LogP contribution in [0.15, 0.2) is 35.9 Å². The summed E-state index contributed by atoms with van der Waals surface area (Å²) >= 11 is 0. The smallest absolute Gasteiger partial charge is 0.121 e. The van der Waals surface area contributed by atoms with E-state index in [1.165, 1.54) is 5.57 Å². The molecule has 0 spiro atoms. The Balaban J connectivity index is 2.06. The van der Waals surface area contributed by atoms with Gasteiger partial charge in [-0.25, -0.2) is 0 Å². The second-order valence-electron chi connectivity index (χ2n) is 6.70. The van der Waals surface area contributed by atoms with E-state index in [-0.39, 0.29) is 29.8 Å². The fraction of sp³-hybridized carbons (Fsp3) is 0.556. The van der Waals surface area contributed by atoms with Crippen molar-refractivity contribution in [2.45, 2.75) is 26.9 Å². The van der Waals surface area contributed by atoms with Crippen LogP contribution in [0.25, 0.3) is 0 Å². The molecule has 1 aliphatic carbocycles. The van der Waals surface area contributed by atoms with E-state index in [9.17, 15) is 10.2 Å². The Bertz CT molecular complexity index is 565. The monoisotopic (exact) mass is 288 g/mol. The second-order valence-corrected chi connectivity index (χ2v) is 6.70. The molecular weight excluding hydrogens is 264 g/mol. The minimum Gasteiger partial charge on any atom is -0.508 e. The lowest BCUT2D eigenvalue weighted by molar-refractivity contribution is -0.165. The van der Waals surface area contributed by atoms with Crippen LogP contribution in [0.5, 0.6) is 5.75 Å². The summed E-state index contributed by atoms with van der Waals surface area (Å²) in [4.78, 5) is 0. The van der Waals surface area contributed by atoms with Crippen molar-refractivity contribution >= 4 is 0 Å². The highest BCUT2D eigenvalue weighted by atomic mass is 16.5. The number of aromatic hydroxyl groups is 1. The van der Waals surface area contributed by atoms with Crippen LogP contribution in [0.1, 0.15) is 32.4 Å². The van der Waals surface area contributed by atoms with Crippen molar-refractivity contribution in [3.63, 3.8) is 0 Å². The first-order valence-electron chi connectivity index (χ1n) is 7.70. The van der Waals surface area contributed by atoms with Gasteiger partial charge in [-0.15, -0.1) is 0 Å². The van der Waals surface area contributed by atoms with Gasteiger partial charge >= 0.3 is 0 Å². The van der Waals surface area contributed by atoms with Crippen molar-refractivity contribution < 1.29 is 14.9 Å². The molecule has 1 saturated heterocycles. The van der Waals surface area contributed by atoms with Gasteiger partial charge in [0.1, 0.15) is 5.75 Å². The Hall–Kier alpha value is -1.32. The first kappa shape index (κ1) is 14.6. The van der Waals surface area contributed by atoms with Gasteiger partial charge < -0.3 is 14.9 Å². The molecular formula is C18H24O3. The number of para-hydroxylation sites is 1. The molecule has 1 aliphatic heterocycles. The summed E-state index contributed by atoms with van der Waals surface area (Å²) in [5, 5.41) is 20.1. The molecule has 2 aliphatic rings. The predicted octanol–water partition coefficient (Wildman–Crippen LogP) is 3.29. The zero-order valence-electron chi connectivity index (χ0n) is 12.9. The van der Waals surface area contributed by atoms with Crippen LogP contribution in [0, 0.1) is 23.2 Å². The van der Waals surface area contributed by atoms with Crippen molar-refractivity contribution in [2.75, 3.05) is 13.2 Å². The lowest BCUT2D eigenvalue weighted by atomic mass is 9.56. The fourth-order valence-corrected chi connectivity index (χ4v) is 4.30. The van der Waals surface area contributed by atoms with Crippen molar-refractivity contribution in [2.24, 2.45) is 23.2 Å². The zero-order valence-corrected chi connectivity index (χ0v) is 12.9. The van der Waals surface area contributed by atoms with E-state index < -0.39 is 0 Å². The van der Waals surface area contributed by atoms with Gasteiger partial charge in [0.25, 0.3) is 0 Å². The number of hydrogen-bond acceptors (Lipinski definition) is 3. The number of aliphatic hydroxyl groups excluding tert-OH is 1. The minimum atomic E-state index is -0.203. The molecule has 3 heteroatoms. The average Bonchev–Trinajstić information content (AvgIpc) is 2.46. The van der Waals surface area contributed by atoms with Crippen LogP contribution in [-0.4, -0.2) is 23.4 Å². The van der Waals surface area contributed by atoms with Gasteiger partial charge in [-0.3, -0.25) is 0 Å². The lowest BCUT2D eigenvalue weighted by Crippen LogP contribution is -2.53. The third-order valence-corrected chi connectivity index (χ3v) is 5.79. The SMILES string of the molecule is CC1=C[C@@H](C)[C@]2(CO)CO[C@@H](c3ccccc3O)[C@H]1[C@@H]2C. The number of allylic oxidation sites excluding steroid dienone is 1. The largest absolute Gasteiger partial charge is 0.508 e. The normalized spacial score (nSPS) is 39.0. The maximum Gasteiger partial charge on any atom is 0.121 e. The molecule has 1 heterocycles. The predicted molar refractivity (Wildman–Crippen MR) is 81.9 cm³/mol. The van der Waals surface area contributed by atoms with E-state index in [1.807, 2.05) is 18.2 Å². The van der Waals surface area contributed by atoms with Gasteiger partial charge in [0, 0.05) is 16.9 Å². The van der Waals surface area contributed by atoms with Crippen LogP contribution in [0.4, 0.5) is 0 Å². The van der Waals surface area contributed by atoms with Gasteiger partial charge in [-0.05, 0) is 24.8 Å².